The van der Waals surface area contributed by atoms with Gasteiger partial charge < -0.3 is 9.80 Å². The molecule has 0 unspecified atom stereocenters. The van der Waals surface area contributed by atoms with Gasteiger partial charge in [-0.2, -0.15) is 0 Å². The number of allylic oxidation sites excluding steroid dienone is 4. The van der Waals surface area contributed by atoms with Crippen molar-refractivity contribution in [2.45, 2.75) is 0 Å². The lowest BCUT2D eigenvalue weighted by atomic mass is 9.86. The molecule has 0 heterocycles. The van der Waals surface area contributed by atoms with Gasteiger partial charge in [0, 0.05) is 56.4 Å². The number of benzene rings is 6. The summed E-state index contributed by atoms with van der Waals surface area (Å²) >= 11 is 0. The predicted octanol–water partition coefficient (Wildman–Crippen LogP) is 10.8. The Morgan fingerprint density at radius 1 is 0.360 bits per heavy atom. The molecule has 0 bridgehead atoms. The van der Waals surface area contributed by atoms with Crippen molar-refractivity contribution in [3.8, 4) is 0 Å². The predicted molar refractivity (Wildman–Crippen MR) is 204 cm³/mol. The summed E-state index contributed by atoms with van der Waals surface area (Å²) in [5.41, 5.74) is 10.2. The lowest BCUT2D eigenvalue weighted by Gasteiger charge is -2.26. The van der Waals surface area contributed by atoms with Crippen molar-refractivity contribution in [1.82, 2.24) is 0 Å². The van der Waals surface area contributed by atoms with Gasteiger partial charge in [-0.05, 0) is 108 Å². The molecule has 0 amide bonds. The van der Waals surface area contributed by atoms with Crippen LogP contribution >= 0.6 is 0 Å². The fraction of sp³-hybridized carbons (Fsp3) is 0. The van der Waals surface area contributed by atoms with Crippen LogP contribution in [0.2, 0.25) is 0 Å². The Kier molecular flexibility index (Phi) is 8.90. The largest absolute Gasteiger partial charge is 0.311 e. The van der Waals surface area contributed by atoms with Gasteiger partial charge in [-0.1, -0.05) is 72.8 Å². The number of nitrogens with one attached hydrogen (secondary N) is 2. The molecule has 0 saturated heterocycles. The van der Waals surface area contributed by atoms with Crippen LogP contribution in [0.15, 0.2) is 170 Å². The van der Waals surface area contributed by atoms with E-state index >= 15 is 0 Å². The minimum Gasteiger partial charge on any atom is -0.311 e. The Labute approximate surface area is 290 Å². The lowest BCUT2D eigenvalue weighted by Crippen LogP contribution is -2.19. The van der Waals surface area contributed by atoms with E-state index in [0.29, 0.717) is 22.3 Å². The quantitative estimate of drug-likeness (QED) is 0.114. The number of carbonyl (C=O) groups excluding carboxylic acids is 2. The third kappa shape index (κ3) is 6.33. The van der Waals surface area contributed by atoms with Gasteiger partial charge in [-0.25, -0.2) is 0 Å². The normalized spacial score (nSPS) is 12.5. The van der Waals surface area contributed by atoms with E-state index < -0.39 is 0 Å². The summed E-state index contributed by atoms with van der Waals surface area (Å²) in [6, 6.07) is 50.9. The van der Waals surface area contributed by atoms with Crippen LogP contribution in [0.25, 0.3) is 11.1 Å². The second kappa shape index (κ2) is 14.1. The zero-order valence-corrected chi connectivity index (χ0v) is 27.0. The molecule has 0 fully saturated rings. The van der Waals surface area contributed by atoms with Gasteiger partial charge in [-0.15, -0.1) is 0 Å². The Bertz CT molecular complexity index is 2070. The highest BCUT2D eigenvalue weighted by molar-refractivity contribution is 6.68. The Hall–Kier alpha value is -6.92. The fourth-order valence-corrected chi connectivity index (χ4v) is 6.12. The van der Waals surface area contributed by atoms with Gasteiger partial charge >= 0.3 is 0 Å². The van der Waals surface area contributed by atoms with Gasteiger partial charge in [-0.3, -0.25) is 20.4 Å². The summed E-state index contributed by atoms with van der Waals surface area (Å²) < 4.78 is 0. The van der Waals surface area contributed by atoms with Gasteiger partial charge in [0.05, 0.1) is 11.4 Å². The monoisotopic (exact) mass is 648 g/mol. The molecule has 50 heavy (non-hydrogen) atoms. The van der Waals surface area contributed by atoms with Gasteiger partial charge in [0.2, 0.25) is 0 Å². The molecular weight excluding hydrogens is 617 g/mol. The SMILES string of the molecule is N=C1C(=N)C(c2ccc(N(c3ccccc3)c3ccc(C=O)cc3)cc2)=CC=C1c1ccc(N(c2ccccc2)c2ccc(C=O)cc2)cc1. The van der Waals surface area contributed by atoms with Crippen LogP contribution in [-0.4, -0.2) is 24.0 Å². The summed E-state index contributed by atoms with van der Waals surface area (Å²) in [7, 11) is 0. The van der Waals surface area contributed by atoms with Crippen molar-refractivity contribution in [1.29, 1.82) is 10.8 Å². The van der Waals surface area contributed by atoms with Crippen LogP contribution < -0.4 is 9.80 Å². The highest BCUT2D eigenvalue weighted by Gasteiger charge is 2.22. The number of carbonyl (C=O) groups is 2. The van der Waals surface area contributed by atoms with E-state index in [1.54, 1.807) is 24.3 Å². The van der Waals surface area contributed by atoms with Gasteiger partial charge in [0.15, 0.2) is 0 Å². The van der Waals surface area contributed by atoms with Crippen molar-refractivity contribution in [2.75, 3.05) is 9.80 Å². The average molecular weight is 649 g/mol. The summed E-state index contributed by atoms with van der Waals surface area (Å²) in [4.78, 5) is 26.7. The van der Waals surface area contributed by atoms with E-state index in [4.69, 9.17) is 10.8 Å². The van der Waals surface area contributed by atoms with Gasteiger partial charge in [0.25, 0.3) is 0 Å². The van der Waals surface area contributed by atoms with Crippen LogP contribution in [0.3, 0.4) is 0 Å². The first-order chi connectivity index (χ1) is 24.5. The van der Waals surface area contributed by atoms with Crippen molar-refractivity contribution in [3.63, 3.8) is 0 Å². The van der Waals surface area contributed by atoms with Crippen LogP contribution in [0.4, 0.5) is 34.1 Å². The van der Waals surface area contributed by atoms with Crippen molar-refractivity contribution < 1.29 is 9.59 Å². The number of rotatable bonds is 10. The molecular formula is C44H32N4O2. The fourth-order valence-electron chi connectivity index (χ4n) is 6.12. The van der Waals surface area contributed by atoms with E-state index in [2.05, 4.69) is 9.80 Å². The molecule has 6 aromatic carbocycles. The summed E-state index contributed by atoms with van der Waals surface area (Å²) in [5.74, 6) is 0. The molecule has 6 aromatic rings. The smallest absolute Gasteiger partial charge is 0.150 e. The Morgan fingerprint density at radius 2 is 0.640 bits per heavy atom. The Morgan fingerprint density at radius 3 is 0.940 bits per heavy atom. The molecule has 7 rings (SSSR count). The molecule has 0 aromatic heterocycles. The molecule has 2 N–H and O–H groups in total. The van der Waals surface area contributed by atoms with Crippen molar-refractivity contribution >= 4 is 69.3 Å². The van der Waals surface area contributed by atoms with E-state index in [9.17, 15) is 9.59 Å². The molecule has 0 radical (unpaired) electrons. The number of hydrogen-bond donors (Lipinski definition) is 2. The zero-order chi connectivity index (χ0) is 34.5. The van der Waals surface area contributed by atoms with Crippen LogP contribution in [0.1, 0.15) is 31.8 Å². The van der Waals surface area contributed by atoms with Crippen LogP contribution in [-0.2, 0) is 0 Å². The maximum absolute atomic E-state index is 11.3. The minimum atomic E-state index is 0.157. The van der Waals surface area contributed by atoms with E-state index in [1.165, 1.54) is 0 Å². The number of para-hydroxylation sites is 2. The number of anilines is 6. The summed E-state index contributed by atoms with van der Waals surface area (Å²) in [6.45, 7) is 0. The molecule has 0 saturated carbocycles. The molecule has 6 heteroatoms. The van der Waals surface area contributed by atoms with E-state index in [1.807, 2.05) is 146 Å². The first-order valence-electron chi connectivity index (χ1n) is 16.2. The maximum atomic E-state index is 11.3. The molecule has 6 nitrogen and oxygen atoms in total. The number of nitrogens with zero attached hydrogens (tertiary/aromatic N) is 2. The van der Waals surface area contributed by atoms with Crippen molar-refractivity contribution in [3.05, 3.63) is 192 Å². The average Bonchev–Trinajstić information content (AvgIpc) is 3.18. The van der Waals surface area contributed by atoms with Gasteiger partial charge in [0.1, 0.15) is 12.6 Å². The topological polar surface area (TPSA) is 88.3 Å². The minimum absolute atomic E-state index is 0.157. The maximum Gasteiger partial charge on any atom is 0.150 e. The summed E-state index contributed by atoms with van der Waals surface area (Å²) in [5, 5.41) is 18.0. The molecule has 0 aliphatic heterocycles. The van der Waals surface area contributed by atoms with Crippen LogP contribution in [0.5, 0.6) is 0 Å². The third-order valence-electron chi connectivity index (χ3n) is 8.68. The van der Waals surface area contributed by atoms with E-state index in [-0.39, 0.29) is 11.4 Å². The molecule has 240 valence electrons. The molecule has 1 aliphatic carbocycles. The molecule has 0 atom stereocenters. The molecule has 1 aliphatic rings. The first kappa shape index (κ1) is 31.7. The summed E-state index contributed by atoms with van der Waals surface area (Å²) in [6.07, 6.45) is 5.50. The third-order valence-corrected chi connectivity index (χ3v) is 8.68. The lowest BCUT2D eigenvalue weighted by molar-refractivity contribution is 0.111. The zero-order valence-electron chi connectivity index (χ0n) is 27.0. The second-order valence-corrected chi connectivity index (χ2v) is 11.8. The second-order valence-electron chi connectivity index (χ2n) is 11.8. The first-order valence-corrected chi connectivity index (χ1v) is 16.2. The highest BCUT2D eigenvalue weighted by atomic mass is 16.1. The van der Waals surface area contributed by atoms with Crippen LogP contribution in [0, 0.1) is 10.8 Å². The standard InChI is InChI=1S/C44H32N4O2/c45-43-41(33-15-23-39(24-16-33)47(35-7-3-1-4-8-35)37-19-11-31(29-49)12-20-37)27-28-42(44(43)46)34-17-25-40(26-18-34)48(36-9-5-2-6-10-36)38-21-13-32(30-50)14-22-38/h1-30,45-46H. The van der Waals surface area contributed by atoms with E-state index in [0.717, 1.165) is 57.8 Å². The highest BCUT2D eigenvalue weighted by Crippen LogP contribution is 2.38. The Balaban J connectivity index is 1.17. The van der Waals surface area contributed by atoms with Crippen molar-refractivity contribution in [2.24, 2.45) is 0 Å². The number of hydrogen-bond acceptors (Lipinski definition) is 6. The number of aldehydes is 2. The molecule has 0 spiro atoms.